The Morgan fingerprint density at radius 3 is 2.50 bits per heavy atom. The van der Waals surface area contributed by atoms with E-state index in [0.717, 1.165) is 39.7 Å². The Morgan fingerprint density at radius 1 is 1.00 bits per heavy atom. The first-order valence-corrected chi connectivity index (χ1v) is 10.3. The molecule has 0 saturated heterocycles. The second-order valence-electron chi connectivity index (χ2n) is 6.89. The van der Waals surface area contributed by atoms with Gasteiger partial charge in [0.2, 0.25) is 0 Å². The van der Waals surface area contributed by atoms with E-state index in [1.807, 2.05) is 49.4 Å². The normalized spacial score (nSPS) is 10.9. The molecule has 1 aromatic heterocycles. The predicted molar refractivity (Wildman–Crippen MR) is 118 cm³/mol. The fourth-order valence-electron chi connectivity index (χ4n) is 3.34. The minimum absolute atomic E-state index is 0.135. The summed E-state index contributed by atoms with van der Waals surface area (Å²) in [5.41, 5.74) is 3.99. The Kier molecular flexibility index (Phi) is 5.22. The Morgan fingerprint density at radius 2 is 1.75 bits per heavy atom. The molecule has 4 rings (SSSR count). The molecule has 1 N–H and O–H groups in total. The Bertz CT molecular complexity index is 1130. The van der Waals surface area contributed by atoms with Crippen LogP contribution in [-0.4, -0.2) is 10.9 Å². The van der Waals surface area contributed by atoms with Crippen LogP contribution in [0.2, 0.25) is 0 Å². The van der Waals surface area contributed by atoms with E-state index in [1.165, 1.54) is 16.9 Å². The van der Waals surface area contributed by atoms with E-state index in [9.17, 15) is 4.79 Å². The van der Waals surface area contributed by atoms with Crippen molar-refractivity contribution in [1.82, 2.24) is 4.98 Å². The van der Waals surface area contributed by atoms with Crippen LogP contribution in [0.4, 0.5) is 5.13 Å². The van der Waals surface area contributed by atoms with Crippen LogP contribution < -0.4 is 5.32 Å². The lowest BCUT2D eigenvalue weighted by Gasteiger charge is -2.04. The maximum atomic E-state index is 12.7. The number of anilines is 1. The average molecular weight is 387 g/mol. The number of fused-ring (bicyclic) bond motifs is 1. The number of hydrogen-bond acceptors (Lipinski definition) is 3. The van der Waals surface area contributed by atoms with Crippen LogP contribution in [0.15, 0.2) is 66.7 Å². The highest BCUT2D eigenvalue weighted by molar-refractivity contribution is 7.16. The summed E-state index contributed by atoms with van der Waals surface area (Å²) in [6.07, 6.45) is 2.23. The second-order valence-corrected chi connectivity index (χ2v) is 8.09. The quantitative estimate of drug-likeness (QED) is 0.427. The molecule has 4 heteroatoms. The van der Waals surface area contributed by atoms with Gasteiger partial charge in [0.1, 0.15) is 0 Å². The van der Waals surface area contributed by atoms with Gasteiger partial charge in [0.15, 0.2) is 5.13 Å². The SMILES string of the molecule is CCCc1ccc(-c2nc(NC(=O)c3ccc4ccccc4c3)sc2C)cc1. The van der Waals surface area contributed by atoms with Gasteiger partial charge in [0.05, 0.1) is 5.69 Å². The number of aromatic nitrogens is 1. The molecule has 3 aromatic carbocycles. The van der Waals surface area contributed by atoms with E-state index in [4.69, 9.17) is 0 Å². The molecule has 0 fully saturated rings. The van der Waals surface area contributed by atoms with Gasteiger partial charge in [-0.1, -0.05) is 67.9 Å². The van der Waals surface area contributed by atoms with Gasteiger partial charge in [-0.2, -0.15) is 0 Å². The number of hydrogen-bond donors (Lipinski definition) is 1. The minimum Gasteiger partial charge on any atom is -0.298 e. The highest BCUT2D eigenvalue weighted by Gasteiger charge is 2.13. The maximum absolute atomic E-state index is 12.7. The smallest absolute Gasteiger partial charge is 0.257 e. The number of benzene rings is 3. The molecule has 1 heterocycles. The van der Waals surface area contributed by atoms with Crippen molar-refractivity contribution >= 4 is 33.1 Å². The van der Waals surface area contributed by atoms with E-state index >= 15 is 0 Å². The van der Waals surface area contributed by atoms with Crippen molar-refractivity contribution in [2.45, 2.75) is 26.7 Å². The summed E-state index contributed by atoms with van der Waals surface area (Å²) in [5.74, 6) is -0.135. The van der Waals surface area contributed by atoms with Crippen LogP contribution in [-0.2, 0) is 6.42 Å². The lowest BCUT2D eigenvalue weighted by atomic mass is 10.1. The van der Waals surface area contributed by atoms with E-state index in [1.54, 1.807) is 0 Å². The topological polar surface area (TPSA) is 42.0 Å². The first kappa shape index (κ1) is 18.4. The molecule has 0 bridgehead atoms. The van der Waals surface area contributed by atoms with E-state index in [0.29, 0.717) is 10.7 Å². The number of carbonyl (C=O) groups excluding carboxylic acids is 1. The predicted octanol–water partition coefficient (Wildman–Crippen LogP) is 6.48. The van der Waals surface area contributed by atoms with Gasteiger partial charge in [-0.3, -0.25) is 10.1 Å². The molecule has 1 amide bonds. The van der Waals surface area contributed by atoms with Gasteiger partial charge >= 0.3 is 0 Å². The summed E-state index contributed by atoms with van der Waals surface area (Å²) in [7, 11) is 0. The molecule has 3 nitrogen and oxygen atoms in total. The Labute approximate surface area is 169 Å². The summed E-state index contributed by atoms with van der Waals surface area (Å²) in [6.45, 7) is 4.22. The first-order chi connectivity index (χ1) is 13.6. The summed E-state index contributed by atoms with van der Waals surface area (Å²) < 4.78 is 0. The number of nitrogens with zero attached hydrogens (tertiary/aromatic N) is 1. The van der Waals surface area contributed by atoms with Crippen LogP contribution in [0.3, 0.4) is 0 Å². The number of rotatable bonds is 5. The highest BCUT2D eigenvalue weighted by atomic mass is 32.1. The zero-order valence-electron chi connectivity index (χ0n) is 16.0. The van der Waals surface area contributed by atoms with Gasteiger partial charge in [-0.25, -0.2) is 4.98 Å². The monoisotopic (exact) mass is 386 g/mol. The fourth-order valence-corrected chi connectivity index (χ4v) is 4.17. The van der Waals surface area contributed by atoms with Crippen molar-refractivity contribution in [3.63, 3.8) is 0 Å². The first-order valence-electron chi connectivity index (χ1n) is 9.51. The zero-order chi connectivity index (χ0) is 19.5. The lowest BCUT2D eigenvalue weighted by Crippen LogP contribution is -2.11. The van der Waals surface area contributed by atoms with Crippen LogP contribution >= 0.6 is 11.3 Å². The van der Waals surface area contributed by atoms with Crippen molar-refractivity contribution in [1.29, 1.82) is 0 Å². The third-order valence-electron chi connectivity index (χ3n) is 4.79. The standard InChI is InChI=1S/C24H22N2OS/c1-3-6-17-9-11-19(12-10-17)22-16(2)28-24(25-22)26-23(27)21-14-13-18-7-4-5-8-20(18)15-21/h4-5,7-15H,3,6H2,1-2H3,(H,25,26,27). The van der Waals surface area contributed by atoms with E-state index in [2.05, 4.69) is 41.5 Å². The number of nitrogens with one attached hydrogen (secondary N) is 1. The van der Waals surface area contributed by atoms with Crippen molar-refractivity contribution in [3.05, 3.63) is 82.7 Å². The van der Waals surface area contributed by atoms with Crippen LogP contribution in [0.5, 0.6) is 0 Å². The second kappa shape index (κ2) is 7.95. The van der Waals surface area contributed by atoms with E-state index < -0.39 is 0 Å². The molecule has 140 valence electrons. The third kappa shape index (κ3) is 3.82. The molecule has 0 radical (unpaired) electrons. The van der Waals surface area contributed by atoms with Gasteiger partial charge in [-0.05, 0) is 41.8 Å². The molecule has 28 heavy (non-hydrogen) atoms. The third-order valence-corrected chi connectivity index (χ3v) is 5.68. The zero-order valence-corrected chi connectivity index (χ0v) is 16.8. The molecular weight excluding hydrogens is 364 g/mol. The van der Waals surface area contributed by atoms with Crippen LogP contribution in [0.1, 0.15) is 34.1 Å². The largest absolute Gasteiger partial charge is 0.298 e. The number of aryl methyl sites for hydroxylation is 2. The van der Waals surface area contributed by atoms with Crippen molar-refractivity contribution in [3.8, 4) is 11.3 Å². The van der Waals surface area contributed by atoms with Gasteiger partial charge < -0.3 is 0 Å². The summed E-state index contributed by atoms with van der Waals surface area (Å²) in [4.78, 5) is 18.5. The van der Waals surface area contributed by atoms with Gasteiger partial charge in [-0.15, -0.1) is 11.3 Å². The lowest BCUT2D eigenvalue weighted by molar-refractivity contribution is 0.102. The maximum Gasteiger partial charge on any atom is 0.257 e. The molecule has 0 unspecified atom stereocenters. The molecule has 0 saturated carbocycles. The summed E-state index contributed by atoms with van der Waals surface area (Å²) in [5, 5.41) is 5.76. The van der Waals surface area contributed by atoms with Crippen LogP contribution in [0, 0.1) is 6.92 Å². The molecular formula is C24H22N2OS. The Balaban J connectivity index is 1.55. The average Bonchev–Trinajstić information content (AvgIpc) is 3.08. The minimum atomic E-state index is -0.135. The molecule has 0 spiro atoms. The number of carbonyl (C=O) groups is 1. The van der Waals surface area contributed by atoms with Gasteiger partial charge in [0.25, 0.3) is 5.91 Å². The summed E-state index contributed by atoms with van der Waals surface area (Å²) in [6, 6.07) is 22.3. The molecule has 0 aliphatic heterocycles. The van der Waals surface area contributed by atoms with Crippen molar-refractivity contribution in [2.24, 2.45) is 0 Å². The number of amides is 1. The van der Waals surface area contributed by atoms with Gasteiger partial charge in [0, 0.05) is 16.0 Å². The molecule has 0 aliphatic carbocycles. The van der Waals surface area contributed by atoms with Crippen molar-refractivity contribution < 1.29 is 4.79 Å². The molecule has 4 aromatic rings. The van der Waals surface area contributed by atoms with E-state index in [-0.39, 0.29) is 5.91 Å². The Hall–Kier alpha value is -2.98. The van der Waals surface area contributed by atoms with Crippen LogP contribution in [0.25, 0.3) is 22.0 Å². The molecule has 0 aliphatic rings. The highest BCUT2D eigenvalue weighted by Crippen LogP contribution is 2.31. The van der Waals surface area contributed by atoms with Crippen molar-refractivity contribution in [2.75, 3.05) is 5.32 Å². The summed E-state index contributed by atoms with van der Waals surface area (Å²) >= 11 is 1.51. The molecule has 0 atom stereocenters. The number of thiazole rings is 1. The fraction of sp³-hybridized carbons (Fsp3) is 0.167.